The summed E-state index contributed by atoms with van der Waals surface area (Å²) in [5, 5.41) is 2.59. The molecule has 3 N–H and O–H groups in total. The van der Waals surface area contributed by atoms with Crippen LogP contribution in [0.1, 0.15) is 18.9 Å². The number of nitrogens with one attached hydrogen (secondary N) is 1. The lowest BCUT2D eigenvalue weighted by molar-refractivity contribution is -0.115. The molecule has 0 heterocycles. The van der Waals surface area contributed by atoms with E-state index in [1.54, 1.807) is 13.0 Å². The Kier molecular flexibility index (Phi) is 3.59. The van der Waals surface area contributed by atoms with E-state index in [2.05, 4.69) is 5.32 Å². The molecule has 14 heavy (non-hydrogen) atoms. The average molecular weight is 196 g/mol. The second-order valence-electron chi connectivity index (χ2n) is 2.91. The molecular weight excluding hydrogens is 183 g/mol. The standard InChI is InChI=1S/C10H13FN2O/c1-2-10(14)13-9-5-8(11)4-3-7(9)6-12/h3-5H,2,6,12H2,1H3,(H,13,14). The van der Waals surface area contributed by atoms with Gasteiger partial charge in [0.25, 0.3) is 0 Å². The van der Waals surface area contributed by atoms with Gasteiger partial charge in [-0.15, -0.1) is 0 Å². The molecule has 3 nitrogen and oxygen atoms in total. The summed E-state index contributed by atoms with van der Waals surface area (Å²) in [6.07, 6.45) is 0.362. The second-order valence-corrected chi connectivity index (χ2v) is 2.91. The molecule has 4 heteroatoms. The van der Waals surface area contributed by atoms with Crippen molar-refractivity contribution in [3.63, 3.8) is 0 Å². The van der Waals surface area contributed by atoms with Crippen LogP contribution in [0.5, 0.6) is 0 Å². The zero-order valence-electron chi connectivity index (χ0n) is 8.01. The van der Waals surface area contributed by atoms with Crippen LogP contribution in [-0.2, 0) is 11.3 Å². The van der Waals surface area contributed by atoms with Crippen molar-refractivity contribution in [2.45, 2.75) is 19.9 Å². The lowest BCUT2D eigenvalue weighted by Gasteiger charge is -2.08. The summed E-state index contributed by atoms with van der Waals surface area (Å²) in [5.41, 5.74) is 6.63. The van der Waals surface area contributed by atoms with E-state index in [9.17, 15) is 9.18 Å². The van der Waals surface area contributed by atoms with Gasteiger partial charge in [-0.2, -0.15) is 0 Å². The molecule has 0 aliphatic carbocycles. The Morgan fingerprint density at radius 3 is 2.86 bits per heavy atom. The number of amides is 1. The fourth-order valence-corrected chi connectivity index (χ4v) is 1.08. The van der Waals surface area contributed by atoms with Crippen molar-refractivity contribution >= 4 is 11.6 Å². The molecule has 0 atom stereocenters. The molecule has 0 spiro atoms. The molecule has 0 unspecified atom stereocenters. The fourth-order valence-electron chi connectivity index (χ4n) is 1.08. The molecule has 0 aliphatic heterocycles. The second kappa shape index (κ2) is 4.72. The molecule has 0 saturated carbocycles. The zero-order valence-corrected chi connectivity index (χ0v) is 8.01. The normalized spacial score (nSPS) is 9.93. The van der Waals surface area contributed by atoms with E-state index in [0.29, 0.717) is 12.1 Å². The van der Waals surface area contributed by atoms with Crippen molar-refractivity contribution in [1.82, 2.24) is 0 Å². The van der Waals surface area contributed by atoms with Crippen molar-refractivity contribution < 1.29 is 9.18 Å². The van der Waals surface area contributed by atoms with Gasteiger partial charge in [-0.05, 0) is 17.7 Å². The molecule has 0 radical (unpaired) electrons. The molecular formula is C10H13FN2O. The number of halogens is 1. The van der Waals surface area contributed by atoms with Gasteiger partial charge < -0.3 is 11.1 Å². The van der Waals surface area contributed by atoms with E-state index in [1.807, 2.05) is 0 Å². The minimum Gasteiger partial charge on any atom is -0.326 e. The first-order valence-corrected chi connectivity index (χ1v) is 4.45. The number of rotatable bonds is 3. The Balaban J connectivity index is 2.93. The number of hydrogen-bond acceptors (Lipinski definition) is 2. The van der Waals surface area contributed by atoms with Crippen LogP contribution in [0.25, 0.3) is 0 Å². The predicted octanol–water partition coefficient (Wildman–Crippen LogP) is 1.63. The molecule has 0 bridgehead atoms. The van der Waals surface area contributed by atoms with E-state index < -0.39 is 0 Å². The van der Waals surface area contributed by atoms with Gasteiger partial charge in [-0.3, -0.25) is 4.79 Å². The molecule has 1 rings (SSSR count). The lowest BCUT2D eigenvalue weighted by atomic mass is 10.1. The van der Waals surface area contributed by atoms with Crippen LogP contribution in [0.2, 0.25) is 0 Å². The maximum atomic E-state index is 12.8. The van der Waals surface area contributed by atoms with Gasteiger partial charge in [0.1, 0.15) is 5.82 Å². The quantitative estimate of drug-likeness (QED) is 0.772. The number of hydrogen-bond donors (Lipinski definition) is 2. The van der Waals surface area contributed by atoms with Crippen molar-refractivity contribution in [2.75, 3.05) is 5.32 Å². The minimum absolute atomic E-state index is 0.148. The molecule has 0 aliphatic rings. The van der Waals surface area contributed by atoms with Gasteiger partial charge in [-0.25, -0.2) is 4.39 Å². The number of anilines is 1. The van der Waals surface area contributed by atoms with Crippen LogP contribution in [-0.4, -0.2) is 5.91 Å². The Labute approximate surface area is 82.1 Å². The maximum Gasteiger partial charge on any atom is 0.224 e. The number of benzene rings is 1. The van der Waals surface area contributed by atoms with Crippen LogP contribution in [0.15, 0.2) is 18.2 Å². The van der Waals surface area contributed by atoms with Crippen molar-refractivity contribution in [3.05, 3.63) is 29.6 Å². The monoisotopic (exact) mass is 196 g/mol. The van der Waals surface area contributed by atoms with Gasteiger partial charge >= 0.3 is 0 Å². The van der Waals surface area contributed by atoms with E-state index in [0.717, 1.165) is 5.56 Å². The van der Waals surface area contributed by atoms with Gasteiger partial charge in [0, 0.05) is 18.7 Å². The Morgan fingerprint density at radius 2 is 2.29 bits per heavy atom. The molecule has 76 valence electrons. The lowest BCUT2D eigenvalue weighted by Crippen LogP contribution is -2.12. The largest absolute Gasteiger partial charge is 0.326 e. The average Bonchev–Trinajstić information content (AvgIpc) is 2.18. The van der Waals surface area contributed by atoms with Gasteiger partial charge in [0.05, 0.1) is 0 Å². The molecule has 0 aromatic heterocycles. The molecule has 1 aromatic carbocycles. The predicted molar refractivity (Wildman–Crippen MR) is 53.2 cm³/mol. The summed E-state index contributed by atoms with van der Waals surface area (Å²) in [4.78, 5) is 11.1. The van der Waals surface area contributed by atoms with Crippen molar-refractivity contribution in [1.29, 1.82) is 0 Å². The van der Waals surface area contributed by atoms with Crippen LogP contribution in [0.3, 0.4) is 0 Å². The Hall–Kier alpha value is -1.42. The zero-order chi connectivity index (χ0) is 10.6. The van der Waals surface area contributed by atoms with E-state index in [-0.39, 0.29) is 18.3 Å². The van der Waals surface area contributed by atoms with Crippen molar-refractivity contribution in [3.8, 4) is 0 Å². The van der Waals surface area contributed by atoms with Gasteiger partial charge in [0.15, 0.2) is 0 Å². The third-order valence-electron chi connectivity index (χ3n) is 1.89. The third-order valence-corrected chi connectivity index (χ3v) is 1.89. The summed E-state index contributed by atoms with van der Waals surface area (Å²) in [7, 11) is 0. The molecule has 1 aromatic rings. The van der Waals surface area contributed by atoms with Crippen LogP contribution >= 0.6 is 0 Å². The first-order valence-electron chi connectivity index (χ1n) is 4.45. The van der Waals surface area contributed by atoms with E-state index >= 15 is 0 Å². The smallest absolute Gasteiger partial charge is 0.224 e. The molecule has 1 amide bonds. The highest BCUT2D eigenvalue weighted by Crippen LogP contribution is 2.16. The highest BCUT2D eigenvalue weighted by molar-refractivity contribution is 5.91. The van der Waals surface area contributed by atoms with E-state index in [1.165, 1.54) is 12.1 Å². The minimum atomic E-state index is -0.381. The first kappa shape index (κ1) is 10.7. The maximum absolute atomic E-state index is 12.8. The summed E-state index contributed by atoms with van der Waals surface area (Å²) < 4.78 is 12.8. The summed E-state index contributed by atoms with van der Waals surface area (Å²) in [6.45, 7) is 2.01. The fraction of sp³-hybridized carbons (Fsp3) is 0.300. The number of carbonyl (C=O) groups is 1. The topological polar surface area (TPSA) is 55.1 Å². The van der Waals surface area contributed by atoms with Crippen LogP contribution in [0.4, 0.5) is 10.1 Å². The van der Waals surface area contributed by atoms with Gasteiger partial charge in [0.2, 0.25) is 5.91 Å². The SMILES string of the molecule is CCC(=O)Nc1cc(F)ccc1CN. The van der Waals surface area contributed by atoms with Gasteiger partial charge in [-0.1, -0.05) is 13.0 Å². The van der Waals surface area contributed by atoms with Crippen molar-refractivity contribution in [2.24, 2.45) is 5.73 Å². The third kappa shape index (κ3) is 2.53. The van der Waals surface area contributed by atoms with Crippen LogP contribution < -0.4 is 11.1 Å². The highest BCUT2D eigenvalue weighted by atomic mass is 19.1. The summed E-state index contributed by atoms with van der Waals surface area (Å²) in [5.74, 6) is -0.529. The number of carbonyl (C=O) groups excluding carboxylic acids is 1. The molecule has 0 fully saturated rings. The summed E-state index contributed by atoms with van der Waals surface area (Å²) in [6, 6.07) is 4.17. The Morgan fingerprint density at radius 1 is 1.57 bits per heavy atom. The highest BCUT2D eigenvalue weighted by Gasteiger charge is 2.05. The van der Waals surface area contributed by atoms with E-state index in [4.69, 9.17) is 5.73 Å². The molecule has 0 saturated heterocycles. The van der Waals surface area contributed by atoms with Crippen LogP contribution in [0, 0.1) is 5.82 Å². The number of nitrogens with two attached hydrogens (primary N) is 1. The Bertz CT molecular complexity index is 339. The summed E-state index contributed by atoms with van der Waals surface area (Å²) >= 11 is 0. The first-order chi connectivity index (χ1) is 6.67.